The van der Waals surface area contributed by atoms with Crippen molar-refractivity contribution in [2.24, 2.45) is 11.8 Å². The van der Waals surface area contributed by atoms with Gasteiger partial charge in [-0.3, -0.25) is 9.59 Å². The second kappa shape index (κ2) is 5.83. The molecule has 1 fully saturated rings. The van der Waals surface area contributed by atoms with Crippen LogP contribution in [0.25, 0.3) is 0 Å². The number of nitriles is 1. The maximum Gasteiger partial charge on any atom is 0.237 e. The van der Waals surface area contributed by atoms with Crippen molar-refractivity contribution in [3.63, 3.8) is 0 Å². The Bertz CT molecular complexity index is 579. The van der Waals surface area contributed by atoms with Crippen molar-refractivity contribution in [3.05, 3.63) is 30.1 Å². The number of Topliss-reactive ketones (excluding diaryl/α,β-unsaturated/α-hetero) is 1. The maximum atomic E-state index is 13.2. The number of piperidine rings is 1. The molecule has 1 aliphatic rings. The first-order chi connectivity index (χ1) is 9.54. The van der Waals surface area contributed by atoms with E-state index in [0.29, 0.717) is 25.1 Å². The average Bonchev–Trinajstić information content (AvgIpc) is 2.46. The summed E-state index contributed by atoms with van der Waals surface area (Å²) >= 11 is 0. The molecule has 0 N–H and O–H groups in total. The van der Waals surface area contributed by atoms with E-state index in [-0.39, 0.29) is 11.7 Å². The maximum absolute atomic E-state index is 13.2. The van der Waals surface area contributed by atoms with E-state index in [1.54, 1.807) is 6.07 Å². The van der Waals surface area contributed by atoms with E-state index >= 15 is 0 Å². The van der Waals surface area contributed by atoms with Gasteiger partial charge in [0.1, 0.15) is 11.7 Å². The molecule has 104 valence electrons. The fourth-order valence-electron chi connectivity index (χ4n) is 2.41. The highest BCUT2D eigenvalue weighted by Crippen LogP contribution is 2.27. The van der Waals surface area contributed by atoms with Crippen molar-refractivity contribution < 1.29 is 14.0 Å². The molecule has 0 aromatic heterocycles. The monoisotopic (exact) mass is 274 g/mol. The first-order valence-corrected chi connectivity index (χ1v) is 6.55. The van der Waals surface area contributed by atoms with Gasteiger partial charge in [0.2, 0.25) is 5.91 Å². The third kappa shape index (κ3) is 2.69. The lowest BCUT2D eigenvalue weighted by Crippen LogP contribution is -2.45. The van der Waals surface area contributed by atoms with Gasteiger partial charge in [-0.1, -0.05) is 6.07 Å². The molecule has 2 atom stereocenters. The van der Waals surface area contributed by atoms with Crippen LogP contribution in [-0.4, -0.2) is 18.2 Å². The van der Waals surface area contributed by atoms with Gasteiger partial charge in [0, 0.05) is 12.2 Å². The van der Waals surface area contributed by atoms with Gasteiger partial charge in [-0.15, -0.1) is 0 Å². The molecule has 1 aliphatic heterocycles. The molecule has 5 heteroatoms. The summed E-state index contributed by atoms with van der Waals surface area (Å²) in [5.41, 5.74) is 0.456. The molecule has 1 amide bonds. The Kier molecular flexibility index (Phi) is 4.14. The largest absolute Gasteiger partial charge is 0.312 e. The number of halogens is 1. The lowest BCUT2D eigenvalue weighted by molar-refractivity contribution is -0.135. The number of benzene rings is 1. The minimum Gasteiger partial charge on any atom is -0.312 e. The van der Waals surface area contributed by atoms with Crippen LogP contribution >= 0.6 is 0 Å². The molecule has 0 unspecified atom stereocenters. The second-order valence-electron chi connectivity index (χ2n) is 4.92. The van der Waals surface area contributed by atoms with Crippen molar-refractivity contribution in [2.75, 3.05) is 11.4 Å². The molecule has 0 spiro atoms. The molecule has 0 bridgehead atoms. The number of hydrogen-bond acceptors (Lipinski definition) is 3. The zero-order valence-electron chi connectivity index (χ0n) is 11.2. The first kappa shape index (κ1) is 14.2. The molecule has 0 aliphatic carbocycles. The SMILES string of the molecule is C[C@@H](C#N)C(=O)[C@@H]1CCCN(c2cccc(F)c2)C1=O. The molecular formula is C15H15FN2O2. The first-order valence-electron chi connectivity index (χ1n) is 6.55. The van der Waals surface area contributed by atoms with Crippen molar-refractivity contribution in [2.45, 2.75) is 19.8 Å². The number of carbonyl (C=O) groups excluding carboxylic acids is 2. The predicted octanol–water partition coefficient (Wildman–Crippen LogP) is 2.30. The van der Waals surface area contributed by atoms with Crippen LogP contribution in [0.1, 0.15) is 19.8 Å². The summed E-state index contributed by atoms with van der Waals surface area (Å²) in [5, 5.41) is 8.80. The van der Waals surface area contributed by atoms with Gasteiger partial charge in [0.05, 0.1) is 12.0 Å². The highest BCUT2D eigenvalue weighted by atomic mass is 19.1. The van der Waals surface area contributed by atoms with Crippen LogP contribution in [0, 0.1) is 29.0 Å². The molecule has 2 rings (SSSR count). The standard InChI is InChI=1S/C15H15FN2O2/c1-10(9-17)14(19)13-6-3-7-18(15(13)20)12-5-2-4-11(16)8-12/h2,4-5,8,10,13H,3,6-7H2,1H3/t10-,13-/m0/s1. The summed E-state index contributed by atoms with van der Waals surface area (Å²) in [4.78, 5) is 25.8. The lowest BCUT2D eigenvalue weighted by Gasteiger charge is -2.32. The Labute approximate surface area is 116 Å². The predicted molar refractivity (Wildman–Crippen MR) is 71.3 cm³/mol. The quantitative estimate of drug-likeness (QED) is 0.794. The Morgan fingerprint density at radius 2 is 2.30 bits per heavy atom. The zero-order valence-corrected chi connectivity index (χ0v) is 11.2. The van der Waals surface area contributed by atoms with Crippen molar-refractivity contribution in [1.29, 1.82) is 5.26 Å². The highest BCUT2D eigenvalue weighted by molar-refractivity contribution is 6.10. The molecule has 20 heavy (non-hydrogen) atoms. The molecule has 0 radical (unpaired) electrons. The number of rotatable bonds is 3. The highest BCUT2D eigenvalue weighted by Gasteiger charge is 2.36. The van der Waals surface area contributed by atoms with E-state index in [0.717, 1.165) is 0 Å². The minimum absolute atomic E-state index is 0.339. The minimum atomic E-state index is -0.795. The molecule has 1 aromatic carbocycles. The fourth-order valence-corrected chi connectivity index (χ4v) is 2.41. The van der Waals surface area contributed by atoms with Gasteiger partial charge >= 0.3 is 0 Å². The number of hydrogen-bond donors (Lipinski definition) is 0. The average molecular weight is 274 g/mol. The van der Waals surface area contributed by atoms with Gasteiger partial charge in [0.15, 0.2) is 5.78 Å². The number of amides is 1. The van der Waals surface area contributed by atoms with Crippen molar-refractivity contribution in [3.8, 4) is 6.07 Å². The van der Waals surface area contributed by atoms with Crippen LogP contribution in [0.4, 0.5) is 10.1 Å². The Morgan fingerprint density at radius 3 is 2.95 bits per heavy atom. The molecule has 4 nitrogen and oxygen atoms in total. The van der Waals surface area contributed by atoms with E-state index in [1.807, 2.05) is 6.07 Å². The van der Waals surface area contributed by atoms with Crippen LogP contribution < -0.4 is 4.90 Å². The normalized spacial score (nSPS) is 20.4. The van der Waals surface area contributed by atoms with Crippen LogP contribution in [0.3, 0.4) is 0 Å². The summed E-state index contributed by atoms with van der Waals surface area (Å²) in [6.07, 6.45) is 1.12. The number of carbonyl (C=O) groups is 2. The lowest BCUT2D eigenvalue weighted by atomic mass is 9.87. The van der Waals surface area contributed by atoms with E-state index < -0.39 is 17.7 Å². The molecule has 0 saturated carbocycles. The summed E-state index contributed by atoms with van der Waals surface area (Å²) in [5.74, 6) is -2.69. The summed E-state index contributed by atoms with van der Waals surface area (Å²) in [7, 11) is 0. The molecular weight excluding hydrogens is 259 g/mol. The topological polar surface area (TPSA) is 61.2 Å². The smallest absolute Gasteiger partial charge is 0.237 e. The van der Waals surface area contributed by atoms with Crippen LogP contribution in [0.5, 0.6) is 0 Å². The molecule has 1 saturated heterocycles. The van der Waals surface area contributed by atoms with Crippen molar-refractivity contribution >= 4 is 17.4 Å². The summed E-state index contributed by atoms with van der Waals surface area (Å²) in [6, 6.07) is 7.62. The third-order valence-corrected chi connectivity index (χ3v) is 3.52. The van der Waals surface area contributed by atoms with E-state index in [4.69, 9.17) is 5.26 Å². The number of anilines is 1. The Hall–Kier alpha value is -2.22. The fraction of sp³-hybridized carbons (Fsp3) is 0.400. The molecule has 1 heterocycles. The van der Waals surface area contributed by atoms with Crippen LogP contribution in [0.2, 0.25) is 0 Å². The van der Waals surface area contributed by atoms with E-state index in [1.165, 1.54) is 30.0 Å². The Morgan fingerprint density at radius 1 is 1.55 bits per heavy atom. The van der Waals surface area contributed by atoms with Crippen molar-refractivity contribution in [1.82, 2.24) is 0 Å². The van der Waals surface area contributed by atoms with Gasteiger partial charge in [-0.25, -0.2) is 4.39 Å². The number of nitrogens with zero attached hydrogens (tertiary/aromatic N) is 2. The van der Waals surface area contributed by atoms with Crippen LogP contribution in [0.15, 0.2) is 24.3 Å². The van der Waals surface area contributed by atoms with Crippen LogP contribution in [-0.2, 0) is 9.59 Å². The Balaban J connectivity index is 2.23. The molecule has 1 aromatic rings. The van der Waals surface area contributed by atoms with E-state index in [9.17, 15) is 14.0 Å². The van der Waals surface area contributed by atoms with Gasteiger partial charge < -0.3 is 4.90 Å². The van der Waals surface area contributed by atoms with E-state index in [2.05, 4.69) is 0 Å². The second-order valence-corrected chi connectivity index (χ2v) is 4.92. The number of ketones is 1. The zero-order chi connectivity index (χ0) is 14.7. The van der Waals surface area contributed by atoms with Gasteiger partial charge in [-0.2, -0.15) is 5.26 Å². The van der Waals surface area contributed by atoms with Gasteiger partial charge in [0.25, 0.3) is 0 Å². The summed E-state index contributed by atoms with van der Waals surface area (Å²) in [6.45, 7) is 1.96. The summed E-state index contributed by atoms with van der Waals surface area (Å²) < 4.78 is 13.2. The third-order valence-electron chi connectivity index (χ3n) is 3.52. The van der Waals surface area contributed by atoms with Gasteiger partial charge in [-0.05, 0) is 38.0 Å².